The van der Waals surface area contributed by atoms with Crippen LogP contribution in [0.1, 0.15) is 29.6 Å². The third-order valence-corrected chi connectivity index (χ3v) is 2.60. The van der Waals surface area contributed by atoms with Gasteiger partial charge in [-0.1, -0.05) is 0 Å². The van der Waals surface area contributed by atoms with E-state index in [9.17, 15) is 9.59 Å². The first-order valence-electron chi connectivity index (χ1n) is 6.54. The molecule has 8 nitrogen and oxygen atoms in total. The lowest BCUT2D eigenvalue weighted by Crippen LogP contribution is -2.26. The molecular weight excluding hydrogens is 286 g/mol. The molecule has 0 unspecified atom stereocenters. The lowest BCUT2D eigenvalue weighted by Gasteiger charge is -2.04. The van der Waals surface area contributed by atoms with Gasteiger partial charge in [-0.15, -0.1) is 0 Å². The standard InChI is InChI=1S/C14H15N5O3/c1-10(7-13(20)17-8-11-3-2-6-22-11)18-19-14(21)12-9-15-4-5-16-12/h2-6,9H,7-8H2,1H3,(H,17,20)(H,19,21)/b18-10-. The first-order chi connectivity index (χ1) is 10.6. The van der Waals surface area contributed by atoms with Crippen molar-refractivity contribution < 1.29 is 14.0 Å². The zero-order chi connectivity index (χ0) is 15.8. The van der Waals surface area contributed by atoms with Gasteiger partial charge in [0.1, 0.15) is 11.5 Å². The number of aromatic nitrogens is 2. The van der Waals surface area contributed by atoms with E-state index in [1.165, 1.54) is 24.9 Å². The Labute approximate surface area is 126 Å². The van der Waals surface area contributed by atoms with Gasteiger partial charge >= 0.3 is 0 Å². The van der Waals surface area contributed by atoms with Crippen molar-refractivity contribution >= 4 is 17.5 Å². The van der Waals surface area contributed by atoms with E-state index in [0.29, 0.717) is 18.0 Å². The van der Waals surface area contributed by atoms with Crippen LogP contribution in [0.4, 0.5) is 0 Å². The highest BCUT2D eigenvalue weighted by Crippen LogP contribution is 1.99. The number of hydrogen-bond acceptors (Lipinski definition) is 6. The highest BCUT2D eigenvalue weighted by Gasteiger charge is 2.07. The van der Waals surface area contributed by atoms with Crippen molar-refractivity contribution in [2.24, 2.45) is 5.10 Å². The maximum absolute atomic E-state index is 11.7. The number of hydrogen-bond donors (Lipinski definition) is 2. The topological polar surface area (TPSA) is 109 Å². The summed E-state index contributed by atoms with van der Waals surface area (Å²) in [6, 6.07) is 3.51. The van der Waals surface area contributed by atoms with Crippen LogP contribution in [-0.4, -0.2) is 27.5 Å². The predicted molar refractivity (Wildman–Crippen MR) is 77.8 cm³/mol. The van der Waals surface area contributed by atoms with E-state index in [2.05, 4.69) is 25.8 Å². The Morgan fingerprint density at radius 3 is 2.91 bits per heavy atom. The molecule has 0 aliphatic heterocycles. The van der Waals surface area contributed by atoms with E-state index >= 15 is 0 Å². The Kier molecular flexibility index (Phi) is 5.36. The average molecular weight is 301 g/mol. The third-order valence-electron chi connectivity index (χ3n) is 2.60. The summed E-state index contributed by atoms with van der Waals surface area (Å²) in [5.74, 6) is -0.0336. The predicted octanol–water partition coefficient (Wildman–Crippen LogP) is 0.882. The van der Waals surface area contributed by atoms with Gasteiger partial charge in [0.05, 0.1) is 25.4 Å². The summed E-state index contributed by atoms with van der Waals surface area (Å²) in [7, 11) is 0. The molecule has 0 spiro atoms. The number of carbonyl (C=O) groups is 2. The second-order valence-corrected chi connectivity index (χ2v) is 4.41. The minimum atomic E-state index is -0.483. The third kappa shape index (κ3) is 4.82. The Hall–Kier alpha value is -3.03. The van der Waals surface area contributed by atoms with Gasteiger partial charge in [0, 0.05) is 18.1 Å². The molecular formula is C14H15N5O3. The van der Waals surface area contributed by atoms with Crippen molar-refractivity contribution in [3.63, 3.8) is 0 Å². The molecule has 114 valence electrons. The maximum Gasteiger partial charge on any atom is 0.291 e. The second-order valence-electron chi connectivity index (χ2n) is 4.41. The fraction of sp³-hybridized carbons (Fsp3) is 0.214. The molecule has 2 N–H and O–H groups in total. The summed E-state index contributed by atoms with van der Waals surface area (Å²) in [5.41, 5.74) is 2.94. The SMILES string of the molecule is C/C(CC(=O)NCc1ccco1)=N/NC(=O)c1cnccn1. The lowest BCUT2D eigenvalue weighted by atomic mass is 10.3. The molecule has 0 bridgehead atoms. The van der Waals surface area contributed by atoms with Crippen molar-refractivity contribution in [2.75, 3.05) is 0 Å². The number of rotatable bonds is 6. The van der Waals surface area contributed by atoms with E-state index in [1.54, 1.807) is 19.1 Å². The zero-order valence-electron chi connectivity index (χ0n) is 11.9. The van der Waals surface area contributed by atoms with E-state index in [4.69, 9.17) is 4.42 Å². The molecule has 2 aromatic rings. The van der Waals surface area contributed by atoms with Crippen LogP contribution in [-0.2, 0) is 11.3 Å². The van der Waals surface area contributed by atoms with Gasteiger partial charge in [-0.3, -0.25) is 14.6 Å². The van der Waals surface area contributed by atoms with E-state index in [1.807, 2.05) is 0 Å². The van der Waals surface area contributed by atoms with Crippen molar-refractivity contribution in [1.29, 1.82) is 0 Å². The zero-order valence-corrected chi connectivity index (χ0v) is 11.9. The molecule has 0 aliphatic carbocycles. The van der Waals surface area contributed by atoms with Gasteiger partial charge in [0.2, 0.25) is 5.91 Å². The van der Waals surface area contributed by atoms with Gasteiger partial charge in [-0.25, -0.2) is 10.4 Å². The summed E-state index contributed by atoms with van der Waals surface area (Å²) in [6.45, 7) is 1.95. The van der Waals surface area contributed by atoms with Gasteiger partial charge in [0.25, 0.3) is 5.91 Å². The average Bonchev–Trinajstić information content (AvgIpc) is 3.05. The molecule has 0 atom stereocenters. The quantitative estimate of drug-likeness (QED) is 0.608. The Bertz CT molecular complexity index is 652. The fourth-order valence-electron chi connectivity index (χ4n) is 1.55. The van der Waals surface area contributed by atoms with Crippen LogP contribution in [0.5, 0.6) is 0 Å². The second kappa shape index (κ2) is 7.67. The molecule has 8 heteroatoms. The highest BCUT2D eigenvalue weighted by atomic mass is 16.3. The minimum Gasteiger partial charge on any atom is -0.467 e. The fourth-order valence-corrected chi connectivity index (χ4v) is 1.55. The number of nitrogens with one attached hydrogen (secondary N) is 2. The number of carbonyl (C=O) groups excluding carboxylic acids is 2. The van der Waals surface area contributed by atoms with Gasteiger partial charge in [0.15, 0.2) is 0 Å². The normalized spacial score (nSPS) is 11.0. The van der Waals surface area contributed by atoms with Gasteiger partial charge in [-0.2, -0.15) is 5.10 Å². The van der Waals surface area contributed by atoms with Gasteiger partial charge in [-0.05, 0) is 19.1 Å². The molecule has 2 amide bonds. The summed E-state index contributed by atoms with van der Waals surface area (Å²) < 4.78 is 5.10. The number of furan rings is 1. The summed E-state index contributed by atoms with van der Waals surface area (Å²) in [4.78, 5) is 31.0. The van der Waals surface area contributed by atoms with Crippen LogP contribution in [0, 0.1) is 0 Å². The van der Waals surface area contributed by atoms with Crippen LogP contribution in [0.2, 0.25) is 0 Å². The molecule has 2 heterocycles. The molecule has 0 radical (unpaired) electrons. The largest absolute Gasteiger partial charge is 0.467 e. The minimum absolute atomic E-state index is 0.0709. The maximum atomic E-state index is 11.7. The summed E-state index contributed by atoms with van der Waals surface area (Å²) in [6.07, 6.45) is 5.82. The van der Waals surface area contributed by atoms with Crippen LogP contribution < -0.4 is 10.7 Å². The molecule has 22 heavy (non-hydrogen) atoms. The Morgan fingerprint density at radius 1 is 1.36 bits per heavy atom. The Morgan fingerprint density at radius 2 is 2.23 bits per heavy atom. The summed E-state index contributed by atoms with van der Waals surface area (Å²) >= 11 is 0. The lowest BCUT2D eigenvalue weighted by molar-refractivity contribution is -0.120. The molecule has 2 rings (SSSR count). The number of nitrogens with zero attached hydrogens (tertiary/aromatic N) is 3. The molecule has 0 aromatic carbocycles. The van der Waals surface area contributed by atoms with Crippen molar-refractivity contribution in [1.82, 2.24) is 20.7 Å². The Balaban J connectivity index is 1.77. The molecule has 0 fully saturated rings. The molecule has 0 saturated heterocycles. The van der Waals surface area contributed by atoms with Crippen LogP contribution in [0.25, 0.3) is 0 Å². The van der Waals surface area contributed by atoms with E-state index < -0.39 is 5.91 Å². The van der Waals surface area contributed by atoms with E-state index in [-0.39, 0.29) is 18.0 Å². The first kappa shape index (κ1) is 15.4. The molecule has 0 saturated carbocycles. The van der Waals surface area contributed by atoms with Crippen LogP contribution in [0.15, 0.2) is 46.5 Å². The van der Waals surface area contributed by atoms with Crippen molar-refractivity contribution in [3.8, 4) is 0 Å². The van der Waals surface area contributed by atoms with Gasteiger partial charge < -0.3 is 9.73 Å². The highest BCUT2D eigenvalue weighted by molar-refractivity contribution is 6.00. The van der Waals surface area contributed by atoms with E-state index in [0.717, 1.165) is 0 Å². The monoisotopic (exact) mass is 301 g/mol. The molecule has 2 aromatic heterocycles. The van der Waals surface area contributed by atoms with Crippen molar-refractivity contribution in [3.05, 3.63) is 48.4 Å². The van der Waals surface area contributed by atoms with Crippen molar-refractivity contribution in [2.45, 2.75) is 19.9 Å². The number of amides is 2. The smallest absolute Gasteiger partial charge is 0.291 e. The first-order valence-corrected chi connectivity index (χ1v) is 6.54. The number of hydrazone groups is 1. The summed E-state index contributed by atoms with van der Waals surface area (Å²) in [5, 5.41) is 6.54. The molecule has 0 aliphatic rings. The van der Waals surface area contributed by atoms with Crippen LogP contribution >= 0.6 is 0 Å². The van der Waals surface area contributed by atoms with Crippen LogP contribution in [0.3, 0.4) is 0 Å².